The van der Waals surface area contributed by atoms with Crippen LogP contribution >= 0.6 is 34.8 Å². The highest BCUT2D eigenvalue weighted by molar-refractivity contribution is 6.32. The highest BCUT2D eigenvalue weighted by atomic mass is 35.5. The number of aromatic nitrogens is 1. The molecule has 1 amide bonds. The predicted octanol–water partition coefficient (Wildman–Crippen LogP) is 10.0. The lowest BCUT2D eigenvalue weighted by Crippen LogP contribution is -2.63. The van der Waals surface area contributed by atoms with Gasteiger partial charge in [0.25, 0.3) is 0 Å². The first kappa shape index (κ1) is 39.5. The number of hydrogen-bond acceptors (Lipinski definition) is 6. The van der Waals surface area contributed by atoms with Gasteiger partial charge in [-0.25, -0.2) is 4.79 Å². The molecule has 7 nitrogen and oxygen atoms in total. The van der Waals surface area contributed by atoms with Crippen molar-refractivity contribution in [3.8, 4) is 11.5 Å². The van der Waals surface area contributed by atoms with Crippen LogP contribution in [0.15, 0.2) is 48.7 Å². The van der Waals surface area contributed by atoms with Gasteiger partial charge in [-0.15, -0.1) is 11.6 Å². The van der Waals surface area contributed by atoms with Crippen molar-refractivity contribution in [2.75, 3.05) is 31.1 Å². The monoisotopic (exact) mass is 794 g/mol. The Bertz CT molecular complexity index is 1830. The quantitative estimate of drug-likeness (QED) is 0.142. The second-order valence-corrected chi connectivity index (χ2v) is 16.0. The maximum atomic E-state index is 14.3. The Hall–Kier alpha value is -3.21. The van der Waals surface area contributed by atoms with E-state index in [-0.39, 0.29) is 47.9 Å². The third-order valence-electron chi connectivity index (χ3n) is 11.5. The van der Waals surface area contributed by atoms with E-state index in [1.54, 1.807) is 6.20 Å². The summed E-state index contributed by atoms with van der Waals surface area (Å²) < 4.78 is 60.6. The van der Waals surface area contributed by atoms with Crippen molar-refractivity contribution in [2.24, 2.45) is 11.8 Å². The molecule has 3 aliphatic rings. The largest absolute Gasteiger partial charge is 0.493 e. The van der Waals surface area contributed by atoms with E-state index in [1.165, 1.54) is 29.8 Å². The SMILES string of the molecule is COC(=O)C1(N(C(=O)C(F)(F)F)c2cccc(Cl)c2)CCC2(CC1)c1cc(OCCCl)c(Cl)cc1C[C@@H]2C[C@@H](C)COc1ccnc2c1[C@H](C)CCC2. The summed E-state index contributed by atoms with van der Waals surface area (Å²) in [5.74, 6) is -1.01. The van der Waals surface area contributed by atoms with Crippen LogP contribution in [0.1, 0.15) is 87.1 Å². The van der Waals surface area contributed by atoms with E-state index in [2.05, 4.69) is 18.8 Å². The Labute approximate surface area is 323 Å². The van der Waals surface area contributed by atoms with E-state index in [0.29, 0.717) is 47.5 Å². The highest BCUT2D eigenvalue weighted by Crippen LogP contribution is 2.58. The number of hydrogen-bond donors (Lipinski definition) is 0. The number of alkyl halides is 4. The summed E-state index contributed by atoms with van der Waals surface area (Å²) in [6.07, 6.45) is 1.47. The van der Waals surface area contributed by atoms with Gasteiger partial charge in [-0.05, 0) is 128 Å². The molecule has 286 valence electrons. The normalized spacial score (nSPS) is 24.2. The lowest BCUT2D eigenvalue weighted by molar-refractivity contribution is -0.174. The molecule has 0 saturated heterocycles. The number of amides is 1. The fraction of sp³-hybridized carbons (Fsp3) is 0.525. The van der Waals surface area contributed by atoms with Gasteiger partial charge in [-0.3, -0.25) is 14.7 Å². The van der Waals surface area contributed by atoms with Crippen LogP contribution in [0.3, 0.4) is 0 Å². The van der Waals surface area contributed by atoms with E-state index in [1.807, 2.05) is 18.2 Å². The molecule has 0 radical (unpaired) electrons. The summed E-state index contributed by atoms with van der Waals surface area (Å²) >= 11 is 18.9. The van der Waals surface area contributed by atoms with Crippen LogP contribution in [0.5, 0.6) is 11.5 Å². The third-order valence-corrected chi connectivity index (χ3v) is 12.2. The number of carbonyl (C=O) groups is 2. The Balaban J connectivity index is 1.35. The lowest BCUT2D eigenvalue weighted by Gasteiger charge is -2.51. The number of nitrogens with zero attached hydrogens (tertiary/aromatic N) is 2. The molecule has 1 spiro atoms. The van der Waals surface area contributed by atoms with Crippen LogP contribution in [0.4, 0.5) is 18.9 Å². The number of esters is 1. The van der Waals surface area contributed by atoms with Gasteiger partial charge in [-0.1, -0.05) is 43.1 Å². The minimum absolute atomic E-state index is 0.0225. The number of methoxy groups -OCH3 is 1. The molecule has 6 rings (SSSR count). The van der Waals surface area contributed by atoms with Crippen LogP contribution in [0, 0.1) is 11.8 Å². The van der Waals surface area contributed by atoms with Crippen LogP contribution in [-0.4, -0.2) is 54.8 Å². The molecular formula is C40H44Cl3F3N2O5. The van der Waals surface area contributed by atoms with Crippen molar-refractivity contribution < 1.29 is 37.0 Å². The molecule has 53 heavy (non-hydrogen) atoms. The molecule has 0 bridgehead atoms. The number of anilines is 1. The van der Waals surface area contributed by atoms with Gasteiger partial charge in [0.15, 0.2) is 0 Å². The molecule has 1 saturated carbocycles. The summed E-state index contributed by atoms with van der Waals surface area (Å²) in [5, 5.41) is 0.569. The molecule has 0 unspecified atom stereocenters. The van der Waals surface area contributed by atoms with Crippen molar-refractivity contribution in [1.29, 1.82) is 0 Å². The zero-order valence-corrected chi connectivity index (χ0v) is 32.3. The molecule has 1 heterocycles. The fourth-order valence-electron chi connectivity index (χ4n) is 9.13. The molecule has 3 aliphatic carbocycles. The van der Waals surface area contributed by atoms with Gasteiger partial charge in [0.1, 0.15) is 23.6 Å². The number of halogens is 6. The van der Waals surface area contributed by atoms with Crippen LogP contribution in [0.25, 0.3) is 0 Å². The van der Waals surface area contributed by atoms with Gasteiger partial charge in [-0.2, -0.15) is 13.2 Å². The number of fused-ring (bicyclic) bond motifs is 3. The van der Waals surface area contributed by atoms with Gasteiger partial charge >= 0.3 is 18.1 Å². The first-order valence-electron chi connectivity index (χ1n) is 18.1. The average molecular weight is 796 g/mol. The highest BCUT2D eigenvalue weighted by Gasteiger charge is 2.60. The van der Waals surface area contributed by atoms with Crippen LogP contribution in [0.2, 0.25) is 10.0 Å². The van der Waals surface area contributed by atoms with Gasteiger partial charge < -0.3 is 14.2 Å². The third kappa shape index (κ3) is 7.70. The zero-order chi connectivity index (χ0) is 38.1. The standard InChI is InChI=1S/C40H44Cl3F3N2O5/c1-24(23-53-33-10-16-47-32-9-4-6-25(2)35(32)33)18-27-19-26-20-31(43)34(52-17-15-41)22-30(26)38(27)11-13-39(14-12-38,37(50)51-3)48(36(49)40(44,45)46)29-8-5-7-28(42)21-29/h5,7-8,10,16,20-22,24-25,27H,4,6,9,11-15,17-19,23H2,1-3H3/t24-,25-,27+,38?,39?/m1/s1. The summed E-state index contributed by atoms with van der Waals surface area (Å²) in [4.78, 5) is 32.3. The number of aryl methyl sites for hydroxylation is 1. The van der Waals surface area contributed by atoms with E-state index in [4.69, 9.17) is 49.0 Å². The first-order valence-corrected chi connectivity index (χ1v) is 19.4. The Morgan fingerprint density at radius 1 is 1.06 bits per heavy atom. The number of ether oxygens (including phenoxy) is 3. The van der Waals surface area contributed by atoms with Crippen molar-refractivity contribution in [3.05, 3.63) is 81.1 Å². The predicted molar refractivity (Wildman–Crippen MR) is 200 cm³/mol. The van der Waals surface area contributed by atoms with Gasteiger partial charge in [0.2, 0.25) is 0 Å². The number of carbonyl (C=O) groups excluding carboxylic acids is 2. The average Bonchev–Trinajstić information content (AvgIpc) is 3.40. The van der Waals surface area contributed by atoms with Crippen molar-refractivity contribution in [3.63, 3.8) is 0 Å². The zero-order valence-electron chi connectivity index (χ0n) is 30.0. The lowest BCUT2D eigenvalue weighted by atomic mass is 9.59. The molecule has 13 heteroatoms. The van der Waals surface area contributed by atoms with E-state index >= 15 is 0 Å². The minimum atomic E-state index is -5.27. The Morgan fingerprint density at radius 2 is 1.81 bits per heavy atom. The molecule has 3 atom stereocenters. The molecule has 3 aromatic rings. The van der Waals surface area contributed by atoms with E-state index < -0.39 is 29.0 Å². The number of rotatable bonds is 11. The fourth-order valence-corrected chi connectivity index (χ4v) is 9.63. The summed E-state index contributed by atoms with van der Waals surface area (Å²) in [6, 6.07) is 11.3. The van der Waals surface area contributed by atoms with Crippen molar-refractivity contribution in [2.45, 2.75) is 94.7 Å². The van der Waals surface area contributed by atoms with Crippen LogP contribution in [-0.2, 0) is 32.6 Å². The number of benzene rings is 2. The molecule has 1 aromatic heterocycles. The molecule has 2 aromatic carbocycles. The van der Waals surface area contributed by atoms with Crippen molar-refractivity contribution >= 4 is 52.4 Å². The topological polar surface area (TPSA) is 78.0 Å². The summed E-state index contributed by atoms with van der Waals surface area (Å²) in [6.45, 7) is 5.05. The maximum absolute atomic E-state index is 14.3. The van der Waals surface area contributed by atoms with Gasteiger partial charge in [0.05, 0.1) is 24.6 Å². The summed E-state index contributed by atoms with van der Waals surface area (Å²) in [7, 11) is 1.13. The first-order chi connectivity index (χ1) is 25.2. The maximum Gasteiger partial charge on any atom is 0.471 e. The van der Waals surface area contributed by atoms with Crippen molar-refractivity contribution in [1.82, 2.24) is 4.98 Å². The minimum Gasteiger partial charge on any atom is -0.493 e. The molecular weight excluding hydrogens is 752 g/mol. The summed E-state index contributed by atoms with van der Waals surface area (Å²) in [5.41, 5.74) is 1.63. The van der Waals surface area contributed by atoms with Gasteiger partial charge in [0, 0.05) is 28.2 Å². The second kappa shape index (κ2) is 15.9. The smallest absolute Gasteiger partial charge is 0.471 e. The molecule has 0 N–H and O–H groups in total. The Kier molecular flexibility index (Phi) is 11.8. The number of pyridine rings is 1. The van der Waals surface area contributed by atoms with E-state index in [9.17, 15) is 22.8 Å². The molecule has 0 aliphatic heterocycles. The Morgan fingerprint density at radius 3 is 2.49 bits per heavy atom. The second-order valence-electron chi connectivity index (χ2n) is 14.8. The van der Waals surface area contributed by atoms with E-state index in [0.717, 1.165) is 55.4 Å². The van der Waals surface area contributed by atoms with Crippen LogP contribution < -0.4 is 14.4 Å². The molecule has 1 fully saturated rings.